The van der Waals surface area contributed by atoms with Crippen molar-refractivity contribution in [3.05, 3.63) is 0 Å². The van der Waals surface area contributed by atoms with Gasteiger partial charge in [0.15, 0.2) is 0 Å². The van der Waals surface area contributed by atoms with Gasteiger partial charge in [-0.15, -0.1) is 0 Å². The van der Waals surface area contributed by atoms with Crippen LogP contribution in [-0.2, 0) is 0 Å². The second-order valence-electron chi connectivity index (χ2n) is 2.76. The third kappa shape index (κ3) is 3.12. The standard InChI is InChI=1S/C6H16N4/c7-1-5(8)2-9-3-6-4-10-6/h5-6,9-10H,1-4,7-8H2. The highest BCUT2D eigenvalue weighted by molar-refractivity contribution is 4.85. The lowest BCUT2D eigenvalue weighted by Crippen LogP contribution is -2.40. The molecule has 1 aliphatic heterocycles. The molecular weight excluding hydrogens is 128 g/mol. The fourth-order valence-corrected chi connectivity index (χ4v) is 0.754. The molecule has 60 valence electrons. The Labute approximate surface area is 61.3 Å². The van der Waals surface area contributed by atoms with Crippen LogP contribution in [0.4, 0.5) is 0 Å². The van der Waals surface area contributed by atoms with Crippen molar-refractivity contribution in [3.63, 3.8) is 0 Å². The Bertz CT molecular complexity index is 91.7. The van der Waals surface area contributed by atoms with Gasteiger partial charge in [0.05, 0.1) is 0 Å². The molecule has 2 atom stereocenters. The minimum absolute atomic E-state index is 0.110. The Morgan fingerprint density at radius 2 is 2.40 bits per heavy atom. The molecule has 0 aromatic heterocycles. The van der Waals surface area contributed by atoms with E-state index in [1.54, 1.807) is 0 Å². The molecule has 10 heavy (non-hydrogen) atoms. The van der Waals surface area contributed by atoms with E-state index in [1.807, 2.05) is 0 Å². The van der Waals surface area contributed by atoms with Crippen LogP contribution < -0.4 is 22.1 Å². The maximum atomic E-state index is 5.57. The minimum atomic E-state index is 0.110. The lowest BCUT2D eigenvalue weighted by Gasteiger charge is -2.08. The summed E-state index contributed by atoms with van der Waals surface area (Å²) in [6.45, 7) is 3.55. The summed E-state index contributed by atoms with van der Waals surface area (Å²) in [6, 6.07) is 0.795. The van der Waals surface area contributed by atoms with Crippen molar-refractivity contribution in [2.24, 2.45) is 11.5 Å². The van der Waals surface area contributed by atoms with E-state index in [4.69, 9.17) is 11.5 Å². The Balaban J connectivity index is 1.83. The molecule has 0 aromatic rings. The summed E-state index contributed by atoms with van der Waals surface area (Å²) in [7, 11) is 0. The molecule has 0 spiro atoms. The van der Waals surface area contributed by atoms with Gasteiger partial charge in [-0.05, 0) is 0 Å². The quantitative estimate of drug-likeness (QED) is 0.331. The molecule has 1 heterocycles. The monoisotopic (exact) mass is 144 g/mol. The second-order valence-corrected chi connectivity index (χ2v) is 2.76. The van der Waals surface area contributed by atoms with Crippen LogP contribution in [0, 0.1) is 0 Å². The Morgan fingerprint density at radius 3 is 2.90 bits per heavy atom. The van der Waals surface area contributed by atoms with E-state index in [9.17, 15) is 0 Å². The van der Waals surface area contributed by atoms with E-state index < -0.39 is 0 Å². The first-order valence-electron chi connectivity index (χ1n) is 3.72. The van der Waals surface area contributed by atoms with Gasteiger partial charge < -0.3 is 22.1 Å². The molecule has 0 bridgehead atoms. The van der Waals surface area contributed by atoms with Crippen LogP contribution in [0.3, 0.4) is 0 Å². The zero-order chi connectivity index (χ0) is 7.40. The summed E-state index contributed by atoms with van der Waals surface area (Å²) in [5, 5.41) is 6.42. The average molecular weight is 144 g/mol. The molecular formula is C6H16N4. The van der Waals surface area contributed by atoms with Crippen LogP contribution in [0.25, 0.3) is 0 Å². The number of hydrogen-bond acceptors (Lipinski definition) is 4. The molecule has 0 aliphatic carbocycles. The molecule has 0 radical (unpaired) electrons. The molecule has 0 saturated carbocycles. The number of hydrogen-bond donors (Lipinski definition) is 4. The number of nitrogens with one attached hydrogen (secondary N) is 2. The predicted molar refractivity (Wildman–Crippen MR) is 41.7 cm³/mol. The van der Waals surface area contributed by atoms with Crippen molar-refractivity contribution in [2.75, 3.05) is 26.2 Å². The molecule has 1 rings (SSSR count). The van der Waals surface area contributed by atoms with Crippen molar-refractivity contribution in [1.82, 2.24) is 10.6 Å². The first kappa shape index (κ1) is 7.94. The lowest BCUT2D eigenvalue weighted by molar-refractivity contribution is 0.580. The highest BCUT2D eigenvalue weighted by Gasteiger charge is 2.18. The van der Waals surface area contributed by atoms with Gasteiger partial charge in [0.1, 0.15) is 0 Å². The summed E-state index contributed by atoms with van der Waals surface area (Å²) < 4.78 is 0. The van der Waals surface area contributed by atoms with Gasteiger partial charge in [-0.3, -0.25) is 0 Å². The van der Waals surface area contributed by atoms with Crippen molar-refractivity contribution in [3.8, 4) is 0 Å². The van der Waals surface area contributed by atoms with E-state index in [2.05, 4.69) is 10.6 Å². The van der Waals surface area contributed by atoms with E-state index in [-0.39, 0.29) is 6.04 Å². The number of rotatable bonds is 5. The normalized spacial score (nSPS) is 26.4. The van der Waals surface area contributed by atoms with Gasteiger partial charge in [-0.1, -0.05) is 0 Å². The van der Waals surface area contributed by atoms with Crippen LogP contribution in [-0.4, -0.2) is 38.3 Å². The molecule has 1 fully saturated rings. The Morgan fingerprint density at radius 1 is 1.70 bits per heavy atom. The summed E-state index contributed by atoms with van der Waals surface area (Å²) in [5.41, 5.74) is 10.9. The van der Waals surface area contributed by atoms with Crippen molar-refractivity contribution >= 4 is 0 Å². The van der Waals surface area contributed by atoms with Crippen molar-refractivity contribution in [2.45, 2.75) is 12.1 Å². The highest BCUT2D eigenvalue weighted by atomic mass is 15.1. The molecule has 0 aromatic carbocycles. The van der Waals surface area contributed by atoms with Crippen LogP contribution >= 0.6 is 0 Å². The van der Waals surface area contributed by atoms with Crippen LogP contribution in [0.2, 0.25) is 0 Å². The maximum Gasteiger partial charge on any atom is 0.0318 e. The van der Waals surface area contributed by atoms with E-state index in [0.29, 0.717) is 12.6 Å². The zero-order valence-electron chi connectivity index (χ0n) is 6.14. The highest BCUT2D eigenvalue weighted by Crippen LogP contribution is 1.92. The largest absolute Gasteiger partial charge is 0.329 e. The van der Waals surface area contributed by atoms with Crippen LogP contribution in [0.1, 0.15) is 0 Å². The van der Waals surface area contributed by atoms with Crippen molar-refractivity contribution in [1.29, 1.82) is 0 Å². The summed E-state index contributed by atoms with van der Waals surface area (Å²) in [4.78, 5) is 0. The molecule has 6 N–H and O–H groups in total. The van der Waals surface area contributed by atoms with Gasteiger partial charge in [0.25, 0.3) is 0 Å². The first-order valence-corrected chi connectivity index (χ1v) is 3.72. The number of nitrogens with two attached hydrogens (primary N) is 2. The SMILES string of the molecule is NCC(N)CNCC1CN1. The second kappa shape index (κ2) is 3.88. The van der Waals surface area contributed by atoms with Gasteiger partial charge in [-0.25, -0.2) is 0 Å². The van der Waals surface area contributed by atoms with Gasteiger partial charge >= 0.3 is 0 Å². The third-order valence-electron chi connectivity index (χ3n) is 1.59. The van der Waals surface area contributed by atoms with Gasteiger partial charge in [-0.2, -0.15) is 0 Å². The maximum absolute atomic E-state index is 5.57. The Hall–Kier alpha value is -0.160. The topological polar surface area (TPSA) is 86.0 Å². The van der Waals surface area contributed by atoms with E-state index in [0.717, 1.165) is 19.6 Å². The molecule has 1 saturated heterocycles. The zero-order valence-corrected chi connectivity index (χ0v) is 6.14. The lowest BCUT2D eigenvalue weighted by atomic mass is 10.3. The minimum Gasteiger partial charge on any atom is -0.329 e. The fourth-order valence-electron chi connectivity index (χ4n) is 0.754. The predicted octanol–water partition coefficient (Wildman–Crippen LogP) is -2.17. The smallest absolute Gasteiger partial charge is 0.0318 e. The van der Waals surface area contributed by atoms with Crippen LogP contribution in [0.15, 0.2) is 0 Å². The Kier molecular flexibility index (Phi) is 3.08. The van der Waals surface area contributed by atoms with Crippen molar-refractivity contribution < 1.29 is 0 Å². The summed E-state index contributed by atoms with van der Waals surface area (Å²) in [5.74, 6) is 0. The molecule has 4 heteroatoms. The summed E-state index contributed by atoms with van der Waals surface area (Å²) >= 11 is 0. The third-order valence-corrected chi connectivity index (χ3v) is 1.59. The fraction of sp³-hybridized carbons (Fsp3) is 1.00. The van der Waals surface area contributed by atoms with E-state index >= 15 is 0 Å². The molecule has 0 amide bonds. The van der Waals surface area contributed by atoms with Gasteiger partial charge in [0.2, 0.25) is 0 Å². The van der Waals surface area contributed by atoms with Gasteiger partial charge in [0, 0.05) is 38.3 Å². The molecule has 4 nitrogen and oxygen atoms in total. The summed E-state index contributed by atoms with van der Waals surface area (Å²) in [6.07, 6.45) is 0. The average Bonchev–Trinajstić information content (AvgIpc) is 2.71. The first-order chi connectivity index (χ1) is 4.83. The molecule has 1 aliphatic rings. The van der Waals surface area contributed by atoms with E-state index in [1.165, 1.54) is 0 Å². The molecule has 2 unspecified atom stereocenters. The van der Waals surface area contributed by atoms with Crippen LogP contribution in [0.5, 0.6) is 0 Å².